The summed E-state index contributed by atoms with van der Waals surface area (Å²) >= 11 is 0. The number of nitrogens with zero attached hydrogens (tertiary/aromatic N) is 2. The number of pyridine rings is 1. The second kappa shape index (κ2) is 3.90. The molecule has 4 nitrogen and oxygen atoms in total. The molecule has 2 heterocycles. The van der Waals surface area contributed by atoms with Crippen molar-refractivity contribution in [3.8, 4) is 11.1 Å². The predicted molar refractivity (Wildman–Crippen MR) is 72.6 cm³/mol. The van der Waals surface area contributed by atoms with Crippen LogP contribution >= 0.6 is 0 Å². The highest BCUT2D eigenvalue weighted by Crippen LogP contribution is 2.35. The lowest BCUT2D eigenvalue weighted by molar-refractivity contribution is 0.180. The van der Waals surface area contributed by atoms with Crippen molar-refractivity contribution in [2.24, 2.45) is 0 Å². The van der Waals surface area contributed by atoms with Crippen LogP contribution in [0.3, 0.4) is 0 Å². The number of benzene rings is 1. The minimum absolute atomic E-state index is 0.323. The molecule has 1 unspecified atom stereocenters. The molecule has 1 aliphatic rings. The fraction of sp³-hybridized carbons (Fsp3) is 0.200. The van der Waals surface area contributed by atoms with Crippen molar-refractivity contribution >= 4 is 11.0 Å². The van der Waals surface area contributed by atoms with Crippen LogP contribution in [0, 0.1) is 0 Å². The van der Waals surface area contributed by atoms with Gasteiger partial charge in [0, 0.05) is 11.6 Å². The first-order valence-corrected chi connectivity index (χ1v) is 6.42. The normalized spacial score (nSPS) is 17.8. The Morgan fingerprint density at radius 1 is 1.26 bits per heavy atom. The highest BCUT2D eigenvalue weighted by molar-refractivity contribution is 5.92. The van der Waals surface area contributed by atoms with Crippen LogP contribution in [0.1, 0.15) is 23.7 Å². The first-order chi connectivity index (χ1) is 9.33. The number of H-pyrrole nitrogens is 1. The summed E-state index contributed by atoms with van der Waals surface area (Å²) in [5.41, 5.74) is 5.31. The fourth-order valence-corrected chi connectivity index (χ4v) is 2.85. The van der Waals surface area contributed by atoms with Crippen LogP contribution in [0.2, 0.25) is 0 Å². The second-order valence-electron chi connectivity index (χ2n) is 4.96. The second-order valence-corrected chi connectivity index (χ2v) is 4.96. The Morgan fingerprint density at radius 3 is 3.16 bits per heavy atom. The Bertz CT molecular complexity index is 763. The lowest BCUT2D eigenvalue weighted by Crippen LogP contribution is -1.91. The number of hydrogen-bond acceptors (Lipinski definition) is 3. The third-order valence-electron chi connectivity index (χ3n) is 3.86. The zero-order chi connectivity index (χ0) is 12.8. The molecular weight excluding hydrogens is 238 g/mol. The molecule has 1 aromatic carbocycles. The van der Waals surface area contributed by atoms with Gasteiger partial charge in [0.05, 0.1) is 12.3 Å². The number of aliphatic hydroxyl groups is 1. The summed E-state index contributed by atoms with van der Waals surface area (Å²) in [5.74, 6) is 0. The van der Waals surface area contributed by atoms with Crippen LogP contribution < -0.4 is 0 Å². The van der Waals surface area contributed by atoms with Crippen LogP contribution in [-0.2, 0) is 6.42 Å². The van der Waals surface area contributed by atoms with E-state index in [9.17, 15) is 5.11 Å². The molecule has 1 aliphatic carbocycles. The lowest BCUT2D eigenvalue weighted by Gasteiger charge is -2.08. The van der Waals surface area contributed by atoms with Crippen molar-refractivity contribution in [1.29, 1.82) is 0 Å². The largest absolute Gasteiger partial charge is 0.388 e. The minimum Gasteiger partial charge on any atom is -0.388 e. The van der Waals surface area contributed by atoms with E-state index in [1.807, 2.05) is 6.07 Å². The summed E-state index contributed by atoms with van der Waals surface area (Å²) in [7, 11) is 0. The van der Waals surface area contributed by atoms with Crippen molar-refractivity contribution in [2.45, 2.75) is 18.9 Å². The molecule has 2 N–H and O–H groups in total. The highest BCUT2D eigenvalue weighted by atomic mass is 16.3. The summed E-state index contributed by atoms with van der Waals surface area (Å²) in [6, 6.07) is 8.31. The summed E-state index contributed by atoms with van der Waals surface area (Å²) in [4.78, 5) is 4.25. The molecule has 0 bridgehead atoms. The van der Waals surface area contributed by atoms with Crippen LogP contribution in [0.5, 0.6) is 0 Å². The fourth-order valence-electron chi connectivity index (χ4n) is 2.85. The number of aromatic nitrogens is 3. The maximum atomic E-state index is 10.00. The van der Waals surface area contributed by atoms with E-state index in [0.717, 1.165) is 40.6 Å². The van der Waals surface area contributed by atoms with Gasteiger partial charge in [-0.25, -0.2) is 4.98 Å². The molecule has 19 heavy (non-hydrogen) atoms. The summed E-state index contributed by atoms with van der Waals surface area (Å²) in [5, 5.41) is 17.9. The molecule has 1 atom stereocenters. The molecule has 0 fully saturated rings. The van der Waals surface area contributed by atoms with Gasteiger partial charge >= 0.3 is 0 Å². The van der Waals surface area contributed by atoms with Crippen LogP contribution in [-0.4, -0.2) is 20.3 Å². The minimum atomic E-state index is -0.323. The quantitative estimate of drug-likeness (QED) is 0.698. The number of nitrogens with one attached hydrogen (secondary N) is 1. The molecular formula is C15H13N3O. The Morgan fingerprint density at radius 2 is 2.21 bits per heavy atom. The van der Waals surface area contributed by atoms with E-state index in [-0.39, 0.29) is 6.10 Å². The van der Waals surface area contributed by atoms with Crippen LogP contribution in [0.4, 0.5) is 0 Å². The number of fused-ring (bicyclic) bond motifs is 2. The Hall–Kier alpha value is -2.20. The van der Waals surface area contributed by atoms with Crippen molar-refractivity contribution in [3.63, 3.8) is 0 Å². The van der Waals surface area contributed by atoms with Gasteiger partial charge < -0.3 is 5.11 Å². The molecule has 0 amide bonds. The van der Waals surface area contributed by atoms with E-state index >= 15 is 0 Å². The van der Waals surface area contributed by atoms with E-state index in [2.05, 4.69) is 33.4 Å². The smallest absolute Gasteiger partial charge is 0.155 e. The maximum Gasteiger partial charge on any atom is 0.155 e. The van der Waals surface area contributed by atoms with Crippen LogP contribution in [0.15, 0.2) is 36.7 Å². The summed E-state index contributed by atoms with van der Waals surface area (Å²) < 4.78 is 0. The van der Waals surface area contributed by atoms with E-state index in [4.69, 9.17) is 0 Å². The van der Waals surface area contributed by atoms with Gasteiger partial charge in [0.15, 0.2) is 5.65 Å². The molecule has 0 saturated carbocycles. The number of aliphatic hydroxyl groups excluding tert-OH is 1. The van der Waals surface area contributed by atoms with Crippen molar-refractivity contribution in [1.82, 2.24) is 15.2 Å². The number of aryl methyl sites for hydroxylation is 1. The monoisotopic (exact) mass is 251 g/mol. The average Bonchev–Trinajstić information content (AvgIpc) is 3.05. The molecule has 0 spiro atoms. The lowest BCUT2D eigenvalue weighted by atomic mass is 9.99. The topological polar surface area (TPSA) is 61.8 Å². The highest BCUT2D eigenvalue weighted by Gasteiger charge is 2.20. The molecule has 2 aromatic heterocycles. The van der Waals surface area contributed by atoms with Gasteiger partial charge in [-0.3, -0.25) is 5.10 Å². The van der Waals surface area contributed by atoms with E-state index in [0.29, 0.717) is 0 Å². The molecule has 94 valence electrons. The molecule has 4 heteroatoms. The summed E-state index contributed by atoms with van der Waals surface area (Å²) in [6.45, 7) is 0. The first-order valence-electron chi connectivity index (χ1n) is 6.42. The molecule has 3 aromatic rings. The molecule has 0 radical (unpaired) electrons. The third kappa shape index (κ3) is 1.57. The predicted octanol–water partition coefficient (Wildman–Crippen LogP) is 2.60. The number of aromatic amines is 1. The van der Waals surface area contributed by atoms with E-state index in [1.165, 1.54) is 5.56 Å². The Balaban J connectivity index is 1.93. The molecule has 0 aliphatic heterocycles. The first kappa shape index (κ1) is 10.7. The standard InChI is InChI=1S/C15H13N3O/c19-14-4-3-9-1-2-10(7-12(9)14)11-5-6-16-15-13(11)8-17-18-15/h1-2,5-8,14,19H,3-4H2,(H,16,17,18). The third-order valence-corrected chi connectivity index (χ3v) is 3.86. The van der Waals surface area contributed by atoms with Crippen molar-refractivity contribution in [3.05, 3.63) is 47.8 Å². The number of rotatable bonds is 1. The SMILES string of the molecule is OC1CCc2ccc(-c3ccnc4[nH]ncc34)cc21. The number of hydrogen-bond donors (Lipinski definition) is 2. The maximum absolute atomic E-state index is 10.00. The Kier molecular flexibility index (Phi) is 2.19. The Labute approximate surface area is 110 Å². The molecule has 0 saturated heterocycles. The van der Waals surface area contributed by atoms with Gasteiger partial charge in [-0.05, 0) is 47.2 Å². The van der Waals surface area contributed by atoms with Gasteiger partial charge in [0.25, 0.3) is 0 Å². The molecule has 4 rings (SSSR count). The van der Waals surface area contributed by atoms with Gasteiger partial charge in [0.1, 0.15) is 0 Å². The van der Waals surface area contributed by atoms with E-state index in [1.54, 1.807) is 12.4 Å². The van der Waals surface area contributed by atoms with Crippen molar-refractivity contribution < 1.29 is 5.11 Å². The van der Waals surface area contributed by atoms with Crippen molar-refractivity contribution in [2.75, 3.05) is 0 Å². The van der Waals surface area contributed by atoms with Gasteiger partial charge in [-0.2, -0.15) is 5.10 Å². The van der Waals surface area contributed by atoms with Crippen LogP contribution in [0.25, 0.3) is 22.2 Å². The van der Waals surface area contributed by atoms with Gasteiger partial charge in [-0.1, -0.05) is 12.1 Å². The average molecular weight is 251 g/mol. The van der Waals surface area contributed by atoms with Gasteiger partial charge in [-0.15, -0.1) is 0 Å². The summed E-state index contributed by atoms with van der Waals surface area (Å²) in [6.07, 6.45) is 5.04. The van der Waals surface area contributed by atoms with Gasteiger partial charge in [0.2, 0.25) is 0 Å². The van der Waals surface area contributed by atoms with E-state index < -0.39 is 0 Å². The zero-order valence-corrected chi connectivity index (χ0v) is 10.3. The zero-order valence-electron chi connectivity index (χ0n) is 10.3.